The highest BCUT2D eigenvalue weighted by atomic mass is 35.5. The first-order valence-corrected chi connectivity index (χ1v) is 6.52. The van der Waals surface area contributed by atoms with Crippen LogP contribution in [-0.4, -0.2) is 0 Å². The number of hydrogen-bond acceptors (Lipinski definition) is 2. The van der Waals surface area contributed by atoms with Gasteiger partial charge in [-0.1, -0.05) is 35.4 Å². The molecular weight excluding hydrogens is 258 g/mol. The molecule has 0 aliphatic carbocycles. The Kier molecular flexibility index (Phi) is 3.05. The lowest BCUT2D eigenvalue weighted by Crippen LogP contribution is -2.10. The summed E-state index contributed by atoms with van der Waals surface area (Å²) in [6.07, 6.45) is 0. The summed E-state index contributed by atoms with van der Waals surface area (Å²) in [7, 11) is 0. The maximum Gasteiger partial charge on any atom is 0.134 e. The van der Waals surface area contributed by atoms with Crippen LogP contribution in [0.15, 0.2) is 52.9 Å². The van der Waals surface area contributed by atoms with Gasteiger partial charge in [0.2, 0.25) is 0 Å². The fourth-order valence-corrected chi connectivity index (χ4v) is 2.30. The Morgan fingerprint density at radius 1 is 1.05 bits per heavy atom. The lowest BCUT2D eigenvalue weighted by Gasteiger charge is -2.08. The highest BCUT2D eigenvalue weighted by Crippen LogP contribution is 2.27. The first-order chi connectivity index (χ1) is 9.13. The zero-order valence-electron chi connectivity index (χ0n) is 10.6. The minimum atomic E-state index is -0.273. The molecule has 2 N–H and O–H groups in total. The molecule has 0 saturated heterocycles. The summed E-state index contributed by atoms with van der Waals surface area (Å²) >= 11 is 5.88. The summed E-state index contributed by atoms with van der Waals surface area (Å²) in [4.78, 5) is 0. The molecule has 0 saturated carbocycles. The molecule has 0 aliphatic heterocycles. The van der Waals surface area contributed by atoms with Crippen molar-refractivity contribution in [2.75, 3.05) is 0 Å². The largest absolute Gasteiger partial charge is 0.459 e. The molecular formula is C16H14ClNO. The molecule has 3 heteroatoms. The molecule has 0 radical (unpaired) electrons. The molecule has 0 bridgehead atoms. The van der Waals surface area contributed by atoms with E-state index in [0.29, 0.717) is 5.02 Å². The number of fused-ring (bicyclic) bond motifs is 1. The van der Waals surface area contributed by atoms with E-state index < -0.39 is 0 Å². The van der Waals surface area contributed by atoms with Crippen LogP contribution in [0, 0.1) is 6.92 Å². The third-order valence-corrected chi connectivity index (χ3v) is 3.48. The topological polar surface area (TPSA) is 39.2 Å². The minimum Gasteiger partial charge on any atom is -0.459 e. The first-order valence-electron chi connectivity index (χ1n) is 6.14. The van der Waals surface area contributed by atoms with E-state index in [0.717, 1.165) is 22.3 Å². The van der Waals surface area contributed by atoms with Crippen LogP contribution in [0.3, 0.4) is 0 Å². The van der Waals surface area contributed by atoms with Crippen LogP contribution in [0.1, 0.15) is 22.9 Å². The second-order valence-electron chi connectivity index (χ2n) is 4.72. The van der Waals surface area contributed by atoms with Crippen molar-refractivity contribution in [1.82, 2.24) is 0 Å². The summed E-state index contributed by atoms with van der Waals surface area (Å²) in [5.41, 5.74) is 9.29. The predicted octanol–water partition coefficient (Wildman–Crippen LogP) is 4.44. The lowest BCUT2D eigenvalue weighted by atomic mass is 10.1. The molecule has 1 atom stereocenters. The van der Waals surface area contributed by atoms with Gasteiger partial charge in [-0.2, -0.15) is 0 Å². The van der Waals surface area contributed by atoms with E-state index in [1.165, 1.54) is 5.56 Å². The van der Waals surface area contributed by atoms with Crippen molar-refractivity contribution in [2.24, 2.45) is 5.73 Å². The molecule has 19 heavy (non-hydrogen) atoms. The molecule has 3 rings (SSSR count). The van der Waals surface area contributed by atoms with E-state index in [1.54, 1.807) is 0 Å². The van der Waals surface area contributed by atoms with E-state index in [4.69, 9.17) is 21.8 Å². The Morgan fingerprint density at radius 3 is 2.53 bits per heavy atom. The molecule has 0 spiro atoms. The predicted molar refractivity (Wildman–Crippen MR) is 78.4 cm³/mol. The Balaban J connectivity index is 2.01. The van der Waals surface area contributed by atoms with Crippen molar-refractivity contribution >= 4 is 22.6 Å². The highest BCUT2D eigenvalue weighted by Gasteiger charge is 2.14. The van der Waals surface area contributed by atoms with E-state index in [9.17, 15) is 0 Å². The summed E-state index contributed by atoms with van der Waals surface area (Å²) in [5.74, 6) is 0.767. The number of halogens is 1. The summed E-state index contributed by atoms with van der Waals surface area (Å²) in [6.45, 7) is 2.06. The van der Waals surface area contributed by atoms with Gasteiger partial charge in [0.25, 0.3) is 0 Å². The van der Waals surface area contributed by atoms with Crippen LogP contribution in [-0.2, 0) is 0 Å². The van der Waals surface area contributed by atoms with Gasteiger partial charge in [-0.3, -0.25) is 0 Å². The average Bonchev–Trinajstić information content (AvgIpc) is 2.81. The van der Waals surface area contributed by atoms with Gasteiger partial charge in [0, 0.05) is 10.4 Å². The van der Waals surface area contributed by atoms with Gasteiger partial charge in [-0.25, -0.2) is 0 Å². The Morgan fingerprint density at radius 2 is 1.79 bits per heavy atom. The summed E-state index contributed by atoms with van der Waals surface area (Å²) in [6, 6.07) is 15.3. The molecule has 2 aromatic carbocycles. The minimum absolute atomic E-state index is 0.273. The number of nitrogens with two attached hydrogens (primary N) is 1. The fourth-order valence-electron chi connectivity index (χ4n) is 2.17. The van der Waals surface area contributed by atoms with Crippen LogP contribution >= 0.6 is 11.6 Å². The smallest absolute Gasteiger partial charge is 0.134 e. The average molecular weight is 272 g/mol. The van der Waals surface area contributed by atoms with Crippen LogP contribution in [0.4, 0.5) is 0 Å². The number of furan rings is 1. The van der Waals surface area contributed by atoms with Gasteiger partial charge in [0.15, 0.2) is 0 Å². The van der Waals surface area contributed by atoms with Crippen molar-refractivity contribution in [2.45, 2.75) is 13.0 Å². The maximum atomic E-state index is 6.23. The Labute approximate surface area is 116 Å². The van der Waals surface area contributed by atoms with E-state index in [-0.39, 0.29) is 6.04 Å². The van der Waals surface area contributed by atoms with Crippen LogP contribution < -0.4 is 5.73 Å². The van der Waals surface area contributed by atoms with Gasteiger partial charge < -0.3 is 10.2 Å². The van der Waals surface area contributed by atoms with Crippen LogP contribution in [0.25, 0.3) is 11.0 Å². The zero-order chi connectivity index (χ0) is 13.4. The Bertz CT molecular complexity index is 715. The monoisotopic (exact) mass is 271 g/mol. The third kappa shape index (κ3) is 2.37. The van der Waals surface area contributed by atoms with Gasteiger partial charge in [-0.05, 0) is 42.8 Å². The van der Waals surface area contributed by atoms with E-state index in [1.807, 2.05) is 42.5 Å². The standard InChI is InChI=1S/C16H14ClNO/c1-10-2-7-14-12(8-10)9-15(19-14)16(18)11-3-5-13(17)6-4-11/h2-9,16H,18H2,1H3. The van der Waals surface area contributed by atoms with Gasteiger partial charge in [0.05, 0.1) is 6.04 Å². The fraction of sp³-hybridized carbons (Fsp3) is 0.125. The molecule has 3 aromatic rings. The quantitative estimate of drug-likeness (QED) is 0.748. The lowest BCUT2D eigenvalue weighted by molar-refractivity contribution is 0.525. The normalized spacial score (nSPS) is 12.8. The summed E-state index contributed by atoms with van der Waals surface area (Å²) in [5, 5.41) is 1.79. The highest BCUT2D eigenvalue weighted by molar-refractivity contribution is 6.30. The van der Waals surface area contributed by atoms with Crippen molar-refractivity contribution in [3.05, 3.63) is 70.4 Å². The molecule has 2 nitrogen and oxygen atoms in total. The number of hydrogen-bond donors (Lipinski definition) is 1. The molecule has 1 unspecified atom stereocenters. The van der Waals surface area contributed by atoms with E-state index >= 15 is 0 Å². The first kappa shape index (κ1) is 12.3. The van der Waals surface area contributed by atoms with Crippen molar-refractivity contribution in [3.63, 3.8) is 0 Å². The molecule has 0 fully saturated rings. The number of aryl methyl sites for hydroxylation is 1. The molecule has 0 aliphatic rings. The molecule has 0 amide bonds. The maximum absolute atomic E-state index is 6.23. The third-order valence-electron chi connectivity index (χ3n) is 3.23. The number of rotatable bonds is 2. The molecule has 96 valence electrons. The zero-order valence-corrected chi connectivity index (χ0v) is 11.3. The van der Waals surface area contributed by atoms with E-state index in [2.05, 4.69) is 13.0 Å². The van der Waals surface area contributed by atoms with Crippen molar-refractivity contribution in [3.8, 4) is 0 Å². The second kappa shape index (κ2) is 4.72. The summed E-state index contributed by atoms with van der Waals surface area (Å²) < 4.78 is 5.81. The number of benzene rings is 2. The van der Waals surface area contributed by atoms with Crippen LogP contribution in [0.2, 0.25) is 5.02 Å². The van der Waals surface area contributed by atoms with Gasteiger partial charge in [0.1, 0.15) is 11.3 Å². The molecule has 1 aromatic heterocycles. The van der Waals surface area contributed by atoms with Gasteiger partial charge >= 0.3 is 0 Å². The van der Waals surface area contributed by atoms with Crippen molar-refractivity contribution in [1.29, 1.82) is 0 Å². The van der Waals surface area contributed by atoms with Crippen molar-refractivity contribution < 1.29 is 4.42 Å². The molecule has 1 heterocycles. The van der Waals surface area contributed by atoms with Gasteiger partial charge in [-0.15, -0.1) is 0 Å². The van der Waals surface area contributed by atoms with Crippen LogP contribution in [0.5, 0.6) is 0 Å². The Hall–Kier alpha value is -1.77. The second-order valence-corrected chi connectivity index (χ2v) is 5.16. The SMILES string of the molecule is Cc1ccc2oc(C(N)c3ccc(Cl)cc3)cc2c1.